The van der Waals surface area contributed by atoms with Gasteiger partial charge in [-0.3, -0.25) is 4.79 Å². The lowest BCUT2D eigenvalue weighted by Crippen LogP contribution is -2.42. The van der Waals surface area contributed by atoms with Crippen LogP contribution in [0.4, 0.5) is 0 Å². The van der Waals surface area contributed by atoms with Crippen LogP contribution in [0.15, 0.2) is 24.3 Å². The standard InChI is InChI=1S/C17H25NO3/c1-21-16-9-5-4-7-14(16)10-11-17(20)18-12-6-2-3-8-15(18)13-19/h4-5,7,9,15,19H,2-3,6,8,10-13H2,1H3. The highest BCUT2D eigenvalue weighted by Crippen LogP contribution is 2.21. The van der Waals surface area contributed by atoms with E-state index in [2.05, 4.69) is 0 Å². The molecule has 0 spiro atoms. The van der Waals surface area contributed by atoms with E-state index in [9.17, 15) is 9.90 Å². The molecule has 116 valence electrons. The Labute approximate surface area is 126 Å². The third-order valence-corrected chi connectivity index (χ3v) is 4.21. The smallest absolute Gasteiger partial charge is 0.223 e. The van der Waals surface area contributed by atoms with Crippen LogP contribution in [0.3, 0.4) is 0 Å². The highest BCUT2D eigenvalue weighted by Gasteiger charge is 2.24. The van der Waals surface area contributed by atoms with Gasteiger partial charge in [0.15, 0.2) is 0 Å². The molecule has 1 amide bonds. The van der Waals surface area contributed by atoms with Crippen molar-refractivity contribution in [3.8, 4) is 5.75 Å². The van der Waals surface area contributed by atoms with E-state index in [0.717, 1.165) is 43.5 Å². The number of amides is 1. The van der Waals surface area contributed by atoms with Gasteiger partial charge in [0.2, 0.25) is 5.91 Å². The van der Waals surface area contributed by atoms with Crippen molar-refractivity contribution in [2.45, 2.75) is 44.6 Å². The zero-order valence-corrected chi connectivity index (χ0v) is 12.8. The van der Waals surface area contributed by atoms with E-state index in [-0.39, 0.29) is 18.6 Å². The number of aryl methyl sites for hydroxylation is 1. The summed E-state index contributed by atoms with van der Waals surface area (Å²) < 4.78 is 5.32. The van der Waals surface area contributed by atoms with Gasteiger partial charge in [-0.2, -0.15) is 0 Å². The molecule has 1 aliphatic heterocycles. The number of methoxy groups -OCH3 is 1. The Kier molecular flexibility index (Phi) is 6.05. The maximum absolute atomic E-state index is 12.5. The molecule has 4 heteroatoms. The van der Waals surface area contributed by atoms with Crippen molar-refractivity contribution in [1.82, 2.24) is 4.90 Å². The van der Waals surface area contributed by atoms with Gasteiger partial charge in [0, 0.05) is 13.0 Å². The number of ether oxygens (including phenoxy) is 1. The van der Waals surface area contributed by atoms with E-state index in [0.29, 0.717) is 12.8 Å². The summed E-state index contributed by atoms with van der Waals surface area (Å²) in [5.41, 5.74) is 1.06. The Balaban J connectivity index is 1.96. The topological polar surface area (TPSA) is 49.8 Å². The first kappa shape index (κ1) is 15.8. The average Bonchev–Trinajstić information content (AvgIpc) is 2.78. The second-order valence-electron chi connectivity index (χ2n) is 5.58. The van der Waals surface area contributed by atoms with E-state index < -0.39 is 0 Å². The molecule has 0 aliphatic carbocycles. The summed E-state index contributed by atoms with van der Waals surface area (Å²) in [5.74, 6) is 0.974. The quantitative estimate of drug-likeness (QED) is 0.906. The Bertz CT molecular complexity index is 461. The minimum atomic E-state index is -0.00216. The van der Waals surface area contributed by atoms with Gasteiger partial charge in [0.1, 0.15) is 5.75 Å². The lowest BCUT2D eigenvalue weighted by Gasteiger charge is -2.28. The number of benzene rings is 1. The molecule has 2 rings (SSSR count). The first-order valence-electron chi connectivity index (χ1n) is 7.78. The van der Waals surface area contributed by atoms with E-state index in [4.69, 9.17) is 4.74 Å². The fraction of sp³-hybridized carbons (Fsp3) is 0.588. The number of carbonyl (C=O) groups excluding carboxylic acids is 1. The van der Waals surface area contributed by atoms with Gasteiger partial charge < -0.3 is 14.7 Å². The van der Waals surface area contributed by atoms with E-state index in [1.165, 1.54) is 0 Å². The van der Waals surface area contributed by atoms with Crippen LogP contribution in [0, 0.1) is 0 Å². The van der Waals surface area contributed by atoms with Crippen LogP contribution in [0.2, 0.25) is 0 Å². The predicted molar refractivity (Wildman–Crippen MR) is 82.4 cm³/mol. The molecule has 1 aromatic rings. The largest absolute Gasteiger partial charge is 0.496 e. The SMILES string of the molecule is COc1ccccc1CCC(=O)N1CCCCCC1CO. The molecule has 0 saturated carbocycles. The van der Waals surface area contributed by atoms with E-state index in [1.807, 2.05) is 29.2 Å². The Hall–Kier alpha value is -1.55. The summed E-state index contributed by atoms with van der Waals surface area (Å²) in [6.45, 7) is 0.844. The Morgan fingerprint density at radius 1 is 1.33 bits per heavy atom. The molecule has 1 atom stereocenters. The van der Waals surface area contributed by atoms with Crippen LogP contribution < -0.4 is 4.74 Å². The lowest BCUT2D eigenvalue weighted by molar-refractivity contribution is -0.134. The number of aliphatic hydroxyl groups is 1. The summed E-state index contributed by atoms with van der Waals surface area (Å²) in [6, 6.07) is 7.81. The molecule has 0 bridgehead atoms. The summed E-state index contributed by atoms with van der Waals surface area (Å²) in [6.07, 6.45) is 5.34. The number of para-hydroxylation sites is 1. The number of carbonyl (C=O) groups is 1. The number of likely N-dealkylation sites (tertiary alicyclic amines) is 1. The van der Waals surface area contributed by atoms with Gasteiger partial charge in [-0.05, 0) is 30.9 Å². The summed E-state index contributed by atoms with van der Waals surface area (Å²) in [5, 5.41) is 9.49. The predicted octanol–water partition coefficient (Wildman–Crippen LogP) is 2.39. The normalized spacial score (nSPS) is 19.1. The van der Waals surface area contributed by atoms with E-state index >= 15 is 0 Å². The summed E-state index contributed by atoms with van der Waals surface area (Å²) >= 11 is 0. The lowest BCUT2D eigenvalue weighted by atomic mass is 10.1. The highest BCUT2D eigenvalue weighted by atomic mass is 16.5. The Morgan fingerprint density at radius 2 is 2.14 bits per heavy atom. The van der Waals surface area contributed by atoms with Crippen molar-refractivity contribution in [1.29, 1.82) is 0 Å². The zero-order valence-electron chi connectivity index (χ0n) is 12.8. The Morgan fingerprint density at radius 3 is 2.90 bits per heavy atom. The van der Waals surface area contributed by atoms with Crippen LogP contribution in [0.25, 0.3) is 0 Å². The van der Waals surface area contributed by atoms with Gasteiger partial charge in [-0.1, -0.05) is 31.0 Å². The van der Waals surface area contributed by atoms with Crippen molar-refractivity contribution in [3.63, 3.8) is 0 Å². The molecule has 1 fully saturated rings. The number of aliphatic hydroxyl groups excluding tert-OH is 1. The number of rotatable bonds is 5. The summed E-state index contributed by atoms with van der Waals surface area (Å²) in [4.78, 5) is 14.3. The molecule has 0 aromatic heterocycles. The number of hydrogen-bond acceptors (Lipinski definition) is 3. The monoisotopic (exact) mass is 291 g/mol. The zero-order chi connectivity index (χ0) is 15.1. The van der Waals surface area contributed by atoms with Crippen molar-refractivity contribution < 1.29 is 14.6 Å². The van der Waals surface area contributed by atoms with Crippen molar-refractivity contribution >= 4 is 5.91 Å². The van der Waals surface area contributed by atoms with Crippen LogP contribution in [-0.2, 0) is 11.2 Å². The van der Waals surface area contributed by atoms with Crippen molar-refractivity contribution in [3.05, 3.63) is 29.8 Å². The van der Waals surface area contributed by atoms with E-state index in [1.54, 1.807) is 7.11 Å². The molecule has 1 saturated heterocycles. The molecular formula is C17H25NO3. The maximum atomic E-state index is 12.5. The maximum Gasteiger partial charge on any atom is 0.223 e. The molecule has 1 N–H and O–H groups in total. The van der Waals surface area contributed by atoms with Gasteiger partial charge >= 0.3 is 0 Å². The second kappa shape index (κ2) is 8.03. The fourth-order valence-corrected chi connectivity index (χ4v) is 2.99. The molecule has 4 nitrogen and oxygen atoms in total. The van der Waals surface area contributed by atoms with Crippen LogP contribution in [0.5, 0.6) is 5.75 Å². The molecule has 1 unspecified atom stereocenters. The van der Waals surface area contributed by atoms with Gasteiger partial charge in [0.25, 0.3) is 0 Å². The van der Waals surface area contributed by atoms with Gasteiger partial charge in [-0.15, -0.1) is 0 Å². The molecule has 1 aromatic carbocycles. The van der Waals surface area contributed by atoms with Crippen LogP contribution in [-0.4, -0.2) is 42.2 Å². The molecule has 1 heterocycles. The number of nitrogens with zero attached hydrogens (tertiary/aromatic N) is 1. The number of hydrogen-bond donors (Lipinski definition) is 1. The van der Waals surface area contributed by atoms with Crippen LogP contribution in [0.1, 0.15) is 37.7 Å². The fourth-order valence-electron chi connectivity index (χ4n) is 2.99. The van der Waals surface area contributed by atoms with Gasteiger partial charge in [-0.25, -0.2) is 0 Å². The second-order valence-corrected chi connectivity index (χ2v) is 5.58. The summed E-state index contributed by atoms with van der Waals surface area (Å²) in [7, 11) is 1.65. The average molecular weight is 291 g/mol. The third kappa shape index (κ3) is 4.21. The highest BCUT2D eigenvalue weighted by molar-refractivity contribution is 5.77. The van der Waals surface area contributed by atoms with Crippen LogP contribution >= 0.6 is 0 Å². The minimum absolute atomic E-state index is 0.00216. The minimum Gasteiger partial charge on any atom is -0.496 e. The molecule has 1 aliphatic rings. The molecule has 21 heavy (non-hydrogen) atoms. The first-order chi connectivity index (χ1) is 10.3. The molecular weight excluding hydrogens is 266 g/mol. The van der Waals surface area contributed by atoms with Gasteiger partial charge in [0.05, 0.1) is 19.8 Å². The van der Waals surface area contributed by atoms with Crippen molar-refractivity contribution in [2.24, 2.45) is 0 Å². The van der Waals surface area contributed by atoms with Crippen molar-refractivity contribution in [2.75, 3.05) is 20.3 Å². The third-order valence-electron chi connectivity index (χ3n) is 4.21. The molecule has 0 radical (unpaired) electrons. The first-order valence-corrected chi connectivity index (χ1v) is 7.78.